The first-order valence-electron chi connectivity index (χ1n) is 6.24. The van der Waals surface area contributed by atoms with Crippen molar-refractivity contribution in [1.82, 2.24) is 4.98 Å². The van der Waals surface area contributed by atoms with Crippen molar-refractivity contribution in [3.8, 4) is 0 Å². The number of fused-ring (bicyclic) bond motifs is 1. The van der Waals surface area contributed by atoms with E-state index in [4.69, 9.17) is 11.6 Å². The van der Waals surface area contributed by atoms with Gasteiger partial charge in [0.2, 0.25) is 0 Å². The predicted octanol–water partition coefficient (Wildman–Crippen LogP) is 5.10. The smallest absolute Gasteiger partial charge is 0.0648 e. The molecule has 0 spiro atoms. The first-order valence-corrected chi connectivity index (χ1v) is 7.70. The topological polar surface area (TPSA) is 24.9 Å². The highest BCUT2D eigenvalue weighted by molar-refractivity contribution is 14.1. The molecule has 0 saturated heterocycles. The first kappa shape index (κ1) is 13.6. The predicted molar refractivity (Wildman–Crippen MR) is 93.2 cm³/mol. The first-order chi connectivity index (χ1) is 9.74. The average Bonchev–Trinajstić information content (AvgIpc) is 2.46. The van der Waals surface area contributed by atoms with Gasteiger partial charge in [-0.15, -0.1) is 0 Å². The largest absolute Gasteiger partial charge is 0.380 e. The Morgan fingerprint density at radius 3 is 2.80 bits per heavy atom. The normalized spacial score (nSPS) is 10.7. The number of nitrogens with one attached hydrogen (secondary N) is 1. The van der Waals surface area contributed by atoms with Crippen LogP contribution in [0.25, 0.3) is 10.8 Å². The molecule has 0 fully saturated rings. The summed E-state index contributed by atoms with van der Waals surface area (Å²) in [7, 11) is 0. The zero-order chi connectivity index (χ0) is 13.9. The van der Waals surface area contributed by atoms with Crippen molar-refractivity contribution >= 4 is 50.7 Å². The van der Waals surface area contributed by atoms with Gasteiger partial charge in [0.1, 0.15) is 0 Å². The summed E-state index contributed by atoms with van der Waals surface area (Å²) in [4.78, 5) is 4.29. The minimum absolute atomic E-state index is 0.703. The van der Waals surface area contributed by atoms with Crippen LogP contribution in [0, 0.1) is 3.57 Å². The second-order valence-electron chi connectivity index (χ2n) is 4.50. The molecule has 0 aliphatic carbocycles. The molecule has 0 radical (unpaired) electrons. The Morgan fingerprint density at radius 1 is 1.10 bits per heavy atom. The molecule has 0 saturated carbocycles. The zero-order valence-electron chi connectivity index (χ0n) is 10.6. The molecular weight excluding hydrogens is 383 g/mol. The van der Waals surface area contributed by atoms with Gasteiger partial charge in [-0.25, -0.2) is 0 Å². The van der Waals surface area contributed by atoms with Crippen molar-refractivity contribution in [3.05, 3.63) is 69.0 Å². The van der Waals surface area contributed by atoms with Crippen LogP contribution in [-0.2, 0) is 6.54 Å². The van der Waals surface area contributed by atoms with Gasteiger partial charge < -0.3 is 5.32 Å². The lowest BCUT2D eigenvalue weighted by Crippen LogP contribution is -2.01. The van der Waals surface area contributed by atoms with E-state index in [1.54, 1.807) is 0 Å². The Bertz CT molecular complexity index is 753. The molecule has 0 amide bonds. The molecule has 0 aliphatic heterocycles. The van der Waals surface area contributed by atoms with Crippen LogP contribution in [0.4, 0.5) is 5.69 Å². The molecule has 0 aliphatic rings. The van der Waals surface area contributed by atoms with E-state index in [1.807, 2.05) is 42.7 Å². The van der Waals surface area contributed by atoms with Crippen molar-refractivity contribution < 1.29 is 0 Å². The van der Waals surface area contributed by atoms with Crippen LogP contribution < -0.4 is 5.32 Å². The molecular formula is C16H12ClIN2. The van der Waals surface area contributed by atoms with Crippen LogP contribution in [0.2, 0.25) is 5.02 Å². The molecule has 1 aromatic heterocycles. The zero-order valence-corrected chi connectivity index (χ0v) is 13.5. The number of benzene rings is 2. The SMILES string of the molecule is Clc1cc(I)ccc1NCc1cncc2ccccc12. The van der Waals surface area contributed by atoms with Crippen LogP contribution in [0.5, 0.6) is 0 Å². The number of nitrogens with zero attached hydrogens (tertiary/aromatic N) is 1. The fraction of sp³-hybridized carbons (Fsp3) is 0.0625. The highest BCUT2D eigenvalue weighted by Gasteiger charge is 2.03. The van der Waals surface area contributed by atoms with Gasteiger partial charge in [-0.1, -0.05) is 35.9 Å². The van der Waals surface area contributed by atoms with Crippen LogP contribution >= 0.6 is 34.2 Å². The molecule has 100 valence electrons. The highest BCUT2D eigenvalue weighted by Crippen LogP contribution is 2.25. The molecule has 20 heavy (non-hydrogen) atoms. The number of anilines is 1. The van der Waals surface area contributed by atoms with Crippen LogP contribution in [0.1, 0.15) is 5.56 Å². The molecule has 3 rings (SSSR count). The van der Waals surface area contributed by atoms with Gasteiger partial charge in [0.05, 0.1) is 10.7 Å². The van der Waals surface area contributed by atoms with Gasteiger partial charge in [0.15, 0.2) is 0 Å². The fourth-order valence-electron chi connectivity index (χ4n) is 2.14. The van der Waals surface area contributed by atoms with E-state index in [0.717, 1.165) is 25.2 Å². The Kier molecular flexibility index (Phi) is 4.08. The number of aromatic nitrogens is 1. The van der Waals surface area contributed by atoms with Crippen molar-refractivity contribution in [3.63, 3.8) is 0 Å². The molecule has 4 heteroatoms. The molecule has 3 aromatic rings. The maximum absolute atomic E-state index is 6.23. The summed E-state index contributed by atoms with van der Waals surface area (Å²) in [5, 5.41) is 6.49. The van der Waals surface area contributed by atoms with E-state index in [0.29, 0.717) is 6.54 Å². The number of halogens is 2. The molecule has 2 aromatic carbocycles. The molecule has 1 heterocycles. The van der Waals surface area contributed by atoms with E-state index < -0.39 is 0 Å². The maximum atomic E-state index is 6.23. The summed E-state index contributed by atoms with van der Waals surface area (Å²) in [5.41, 5.74) is 2.11. The molecule has 2 nitrogen and oxygen atoms in total. The highest BCUT2D eigenvalue weighted by atomic mass is 127. The summed E-state index contributed by atoms with van der Waals surface area (Å²) in [6.07, 6.45) is 3.78. The van der Waals surface area contributed by atoms with E-state index in [-0.39, 0.29) is 0 Å². The second-order valence-corrected chi connectivity index (χ2v) is 6.15. The summed E-state index contributed by atoms with van der Waals surface area (Å²) >= 11 is 8.48. The molecule has 1 N–H and O–H groups in total. The van der Waals surface area contributed by atoms with Gasteiger partial charge in [-0.05, 0) is 51.7 Å². The third kappa shape index (κ3) is 2.88. The minimum Gasteiger partial charge on any atom is -0.380 e. The lowest BCUT2D eigenvalue weighted by molar-refractivity contribution is 1.14. The van der Waals surface area contributed by atoms with E-state index in [2.05, 4.69) is 45.0 Å². The van der Waals surface area contributed by atoms with Gasteiger partial charge in [-0.3, -0.25) is 4.98 Å². The Balaban J connectivity index is 1.87. The third-order valence-electron chi connectivity index (χ3n) is 3.15. The van der Waals surface area contributed by atoms with E-state index in [1.165, 1.54) is 5.39 Å². The van der Waals surface area contributed by atoms with E-state index in [9.17, 15) is 0 Å². The maximum Gasteiger partial charge on any atom is 0.0648 e. The van der Waals surface area contributed by atoms with Crippen molar-refractivity contribution in [1.29, 1.82) is 0 Å². The van der Waals surface area contributed by atoms with Crippen molar-refractivity contribution in [2.75, 3.05) is 5.32 Å². The Labute approximate surface area is 136 Å². The van der Waals surface area contributed by atoms with Crippen LogP contribution in [0.3, 0.4) is 0 Å². The molecule has 0 atom stereocenters. The number of hydrogen-bond acceptors (Lipinski definition) is 2. The Hall–Kier alpha value is -1.33. The van der Waals surface area contributed by atoms with Gasteiger partial charge in [0, 0.05) is 27.9 Å². The number of pyridine rings is 1. The lowest BCUT2D eigenvalue weighted by Gasteiger charge is -2.10. The lowest BCUT2D eigenvalue weighted by atomic mass is 10.1. The summed E-state index contributed by atoms with van der Waals surface area (Å²) in [6.45, 7) is 0.703. The Morgan fingerprint density at radius 2 is 1.95 bits per heavy atom. The van der Waals surface area contributed by atoms with Gasteiger partial charge >= 0.3 is 0 Å². The average molecular weight is 395 g/mol. The van der Waals surface area contributed by atoms with Crippen molar-refractivity contribution in [2.24, 2.45) is 0 Å². The van der Waals surface area contributed by atoms with Crippen LogP contribution in [0.15, 0.2) is 54.9 Å². The fourth-order valence-corrected chi connectivity index (χ4v) is 3.07. The van der Waals surface area contributed by atoms with Crippen molar-refractivity contribution in [2.45, 2.75) is 6.54 Å². The minimum atomic E-state index is 0.703. The molecule has 0 bridgehead atoms. The van der Waals surface area contributed by atoms with Gasteiger partial charge in [0.25, 0.3) is 0 Å². The third-order valence-corrected chi connectivity index (χ3v) is 4.13. The quantitative estimate of drug-likeness (QED) is 0.625. The number of rotatable bonds is 3. The van der Waals surface area contributed by atoms with Crippen LogP contribution in [-0.4, -0.2) is 4.98 Å². The monoisotopic (exact) mass is 394 g/mol. The summed E-state index contributed by atoms with van der Waals surface area (Å²) < 4.78 is 1.13. The summed E-state index contributed by atoms with van der Waals surface area (Å²) in [6, 6.07) is 14.2. The second kappa shape index (κ2) is 5.97. The van der Waals surface area contributed by atoms with Gasteiger partial charge in [-0.2, -0.15) is 0 Å². The summed E-state index contributed by atoms with van der Waals surface area (Å²) in [5.74, 6) is 0. The molecule has 0 unspecified atom stereocenters. The standard InChI is InChI=1S/C16H12ClIN2/c17-15-7-13(18)5-6-16(15)20-10-12-9-19-8-11-3-1-2-4-14(11)12/h1-9,20H,10H2. The van der Waals surface area contributed by atoms with E-state index >= 15 is 0 Å². The number of hydrogen-bond donors (Lipinski definition) is 1.